The molecule has 154 valence electrons. The van der Waals surface area contributed by atoms with E-state index < -0.39 is 0 Å². The molecule has 0 amide bonds. The zero-order valence-electron chi connectivity index (χ0n) is 16.5. The van der Waals surface area contributed by atoms with Crippen LogP contribution in [0.25, 0.3) is 11.2 Å². The first-order chi connectivity index (χ1) is 14.6. The van der Waals surface area contributed by atoms with Crippen molar-refractivity contribution < 1.29 is 13.9 Å². The summed E-state index contributed by atoms with van der Waals surface area (Å²) in [6, 6.07) is 12.1. The number of aryl methyl sites for hydroxylation is 2. The molecule has 0 atom stereocenters. The number of nitrogens with zero attached hydrogens (tertiary/aromatic N) is 4. The lowest BCUT2D eigenvalue weighted by Crippen LogP contribution is -2.05. The van der Waals surface area contributed by atoms with E-state index in [1.54, 1.807) is 20.3 Å². The molecule has 0 saturated carbocycles. The summed E-state index contributed by atoms with van der Waals surface area (Å²) in [6.07, 6.45) is 2.02. The van der Waals surface area contributed by atoms with E-state index in [1.807, 2.05) is 28.8 Å². The van der Waals surface area contributed by atoms with Gasteiger partial charge in [0.15, 0.2) is 22.1 Å². The Morgan fingerprint density at radius 3 is 2.73 bits per heavy atom. The van der Waals surface area contributed by atoms with Crippen LogP contribution in [0.4, 0.5) is 10.2 Å². The molecular formula is C21H20FN5O2S. The van der Waals surface area contributed by atoms with E-state index in [-0.39, 0.29) is 5.82 Å². The number of benzene rings is 2. The summed E-state index contributed by atoms with van der Waals surface area (Å²) >= 11 is 1.42. The van der Waals surface area contributed by atoms with Gasteiger partial charge >= 0.3 is 0 Å². The van der Waals surface area contributed by atoms with Crippen LogP contribution in [0.2, 0.25) is 0 Å². The number of ether oxygens (including phenoxy) is 2. The Morgan fingerprint density at radius 1 is 1.10 bits per heavy atom. The van der Waals surface area contributed by atoms with Gasteiger partial charge in [-0.1, -0.05) is 12.1 Å². The van der Waals surface area contributed by atoms with Crippen LogP contribution in [0.1, 0.15) is 5.56 Å². The molecule has 0 radical (unpaired) electrons. The summed E-state index contributed by atoms with van der Waals surface area (Å²) in [7, 11) is 3.23. The smallest absolute Gasteiger partial charge is 0.175 e. The molecule has 0 bridgehead atoms. The lowest BCUT2D eigenvalue weighted by Gasteiger charge is -2.12. The fraction of sp³-hybridized carbons (Fsp3) is 0.190. The van der Waals surface area contributed by atoms with Crippen LogP contribution in [-0.4, -0.2) is 33.7 Å². The number of nitrogen functional groups attached to an aromatic ring is 1. The minimum absolute atomic E-state index is 0.259. The molecule has 0 aliphatic heterocycles. The highest BCUT2D eigenvalue weighted by Crippen LogP contribution is 2.38. The SMILES string of the molecule is COc1ccc(OC)c(Sc2nc3c(N)ncnc3n2CCc2cccc(F)c2)c1. The minimum Gasteiger partial charge on any atom is -0.497 e. The van der Waals surface area contributed by atoms with Gasteiger partial charge in [-0.3, -0.25) is 0 Å². The van der Waals surface area contributed by atoms with Crippen molar-refractivity contribution in [3.05, 3.63) is 60.2 Å². The normalized spacial score (nSPS) is 11.0. The Morgan fingerprint density at radius 2 is 1.97 bits per heavy atom. The van der Waals surface area contributed by atoms with Gasteiger partial charge in [0, 0.05) is 6.54 Å². The maximum atomic E-state index is 13.6. The highest BCUT2D eigenvalue weighted by molar-refractivity contribution is 7.99. The zero-order chi connectivity index (χ0) is 21.1. The van der Waals surface area contributed by atoms with Crippen LogP contribution in [0.15, 0.2) is 58.8 Å². The highest BCUT2D eigenvalue weighted by atomic mass is 32.2. The Balaban J connectivity index is 1.74. The van der Waals surface area contributed by atoms with E-state index in [1.165, 1.54) is 30.2 Å². The van der Waals surface area contributed by atoms with E-state index in [2.05, 4.69) is 15.0 Å². The third-order valence-corrected chi connectivity index (χ3v) is 5.64. The fourth-order valence-corrected chi connectivity index (χ4v) is 4.16. The Hall–Kier alpha value is -3.33. The number of anilines is 1. The molecule has 0 aliphatic rings. The van der Waals surface area contributed by atoms with Gasteiger partial charge in [0.25, 0.3) is 0 Å². The third-order valence-electron chi connectivity index (χ3n) is 4.61. The third kappa shape index (κ3) is 4.02. The number of nitrogens with two attached hydrogens (primary N) is 1. The Bertz CT molecular complexity index is 1200. The first kappa shape index (κ1) is 20.0. The second-order valence-electron chi connectivity index (χ2n) is 6.48. The lowest BCUT2D eigenvalue weighted by atomic mass is 10.1. The lowest BCUT2D eigenvalue weighted by molar-refractivity contribution is 0.394. The fourth-order valence-electron chi connectivity index (χ4n) is 3.11. The van der Waals surface area contributed by atoms with Gasteiger partial charge in [-0.2, -0.15) is 0 Å². The molecule has 2 aromatic heterocycles. The summed E-state index contributed by atoms with van der Waals surface area (Å²) < 4.78 is 26.4. The van der Waals surface area contributed by atoms with Gasteiger partial charge < -0.3 is 19.8 Å². The minimum atomic E-state index is -0.259. The number of hydrogen-bond donors (Lipinski definition) is 1. The standard InChI is InChI=1S/C21H20FN5O2S/c1-28-15-6-7-16(29-2)17(11-15)30-21-26-18-19(23)24-12-25-20(18)27(21)9-8-13-4-3-5-14(22)10-13/h3-7,10-12H,8-9H2,1-2H3,(H2,23,24,25). The van der Waals surface area contributed by atoms with Gasteiger partial charge in [0.1, 0.15) is 23.6 Å². The second kappa shape index (κ2) is 8.58. The maximum absolute atomic E-state index is 13.6. The molecule has 0 spiro atoms. The van der Waals surface area contributed by atoms with Crippen LogP contribution in [0.5, 0.6) is 11.5 Å². The molecule has 0 unspecified atom stereocenters. The van der Waals surface area contributed by atoms with Gasteiger partial charge in [0.2, 0.25) is 0 Å². The zero-order valence-corrected chi connectivity index (χ0v) is 17.3. The quantitative estimate of drug-likeness (QED) is 0.479. The first-order valence-corrected chi connectivity index (χ1v) is 10.0. The molecule has 2 N–H and O–H groups in total. The van der Waals surface area contributed by atoms with Gasteiger partial charge in [-0.05, 0) is 54.1 Å². The topological polar surface area (TPSA) is 88.1 Å². The molecule has 9 heteroatoms. The maximum Gasteiger partial charge on any atom is 0.175 e. The summed E-state index contributed by atoms with van der Waals surface area (Å²) in [5.74, 6) is 1.46. The molecule has 30 heavy (non-hydrogen) atoms. The predicted octanol–water partition coefficient (Wildman–Crippen LogP) is 3.96. The van der Waals surface area contributed by atoms with Crippen LogP contribution in [0.3, 0.4) is 0 Å². The predicted molar refractivity (Wildman–Crippen MR) is 114 cm³/mol. The number of imidazole rings is 1. The van der Waals surface area contributed by atoms with Crippen LogP contribution in [-0.2, 0) is 13.0 Å². The Labute approximate surface area is 177 Å². The summed E-state index contributed by atoms with van der Waals surface area (Å²) in [5.41, 5.74) is 8.07. The van der Waals surface area contributed by atoms with Crippen molar-refractivity contribution in [2.75, 3.05) is 20.0 Å². The number of methoxy groups -OCH3 is 2. The largest absolute Gasteiger partial charge is 0.497 e. The average Bonchev–Trinajstić information content (AvgIpc) is 3.10. The van der Waals surface area contributed by atoms with E-state index in [0.29, 0.717) is 46.6 Å². The number of halogens is 1. The van der Waals surface area contributed by atoms with Gasteiger partial charge in [-0.15, -0.1) is 0 Å². The van der Waals surface area contributed by atoms with Crippen molar-refractivity contribution in [1.82, 2.24) is 19.5 Å². The van der Waals surface area contributed by atoms with E-state index in [4.69, 9.17) is 15.2 Å². The van der Waals surface area contributed by atoms with Crippen molar-refractivity contribution in [3.8, 4) is 11.5 Å². The van der Waals surface area contributed by atoms with E-state index in [0.717, 1.165) is 10.5 Å². The van der Waals surface area contributed by atoms with Crippen molar-refractivity contribution in [3.63, 3.8) is 0 Å². The molecule has 0 fully saturated rings. The van der Waals surface area contributed by atoms with E-state index in [9.17, 15) is 4.39 Å². The first-order valence-electron chi connectivity index (χ1n) is 9.20. The average molecular weight is 425 g/mol. The molecule has 4 aromatic rings. The molecule has 0 aliphatic carbocycles. The Kier molecular flexibility index (Phi) is 5.71. The molecule has 2 heterocycles. The van der Waals surface area contributed by atoms with Crippen LogP contribution >= 0.6 is 11.8 Å². The van der Waals surface area contributed by atoms with Gasteiger partial charge in [0.05, 0.1) is 19.1 Å². The molecule has 0 saturated heterocycles. The van der Waals surface area contributed by atoms with Crippen LogP contribution < -0.4 is 15.2 Å². The van der Waals surface area contributed by atoms with Crippen molar-refractivity contribution >= 4 is 28.7 Å². The summed E-state index contributed by atoms with van der Waals surface area (Å²) in [4.78, 5) is 13.9. The number of fused-ring (bicyclic) bond motifs is 1. The second-order valence-corrected chi connectivity index (χ2v) is 7.49. The van der Waals surface area contributed by atoms with Gasteiger partial charge in [-0.25, -0.2) is 19.3 Å². The molecule has 4 rings (SSSR count). The monoisotopic (exact) mass is 425 g/mol. The molecule has 2 aromatic carbocycles. The number of rotatable bonds is 7. The van der Waals surface area contributed by atoms with Crippen molar-refractivity contribution in [2.45, 2.75) is 23.0 Å². The summed E-state index contributed by atoms with van der Waals surface area (Å²) in [5, 5.41) is 0.681. The number of aromatic nitrogens is 4. The van der Waals surface area contributed by atoms with Crippen molar-refractivity contribution in [1.29, 1.82) is 0 Å². The van der Waals surface area contributed by atoms with Crippen LogP contribution in [0, 0.1) is 5.82 Å². The highest BCUT2D eigenvalue weighted by Gasteiger charge is 2.18. The van der Waals surface area contributed by atoms with Crippen molar-refractivity contribution in [2.24, 2.45) is 0 Å². The number of hydrogen-bond acceptors (Lipinski definition) is 7. The summed E-state index contributed by atoms with van der Waals surface area (Å²) in [6.45, 7) is 0.547. The van der Waals surface area contributed by atoms with E-state index >= 15 is 0 Å². The molecule has 7 nitrogen and oxygen atoms in total. The molecular weight excluding hydrogens is 405 g/mol.